The predicted molar refractivity (Wildman–Crippen MR) is 108 cm³/mol. The Morgan fingerprint density at radius 3 is 1.68 bits per heavy atom. The van der Waals surface area contributed by atoms with E-state index < -0.39 is 4.25 Å². The van der Waals surface area contributed by atoms with Crippen LogP contribution >= 0.6 is 26.3 Å². The van der Waals surface area contributed by atoms with Gasteiger partial charge in [0.25, 0.3) is 0 Å². The summed E-state index contributed by atoms with van der Waals surface area (Å²) in [4.78, 5) is 0. The topological polar surface area (TPSA) is 0 Å². The molecule has 0 amide bonds. The van der Waals surface area contributed by atoms with E-state index in [1.807, 2.05) is 0 Å². The van der Waals surface area contributed by atoms with E-state index in [4.69, 9.17) is 0 Å². The third kappa shape index (κ3) is 1.99. The molecule has 0 unspecified atom stereocenters. The summed E-state index contributed by atoms with van der Waals surface area (Å²) in [5.74, 6) is 0. The Kier molecular flexibility index (Phi) is 3.22. The molecule has 4 rings (SSSR count). The maximum atomic E-state index is 2.82. The van der Waals surface area contributed by atoms with Crippen molar-refractivity contribution >= 4 is 36.9 Å². The van der Waals surface area contributed by atoms with E-state index >= 15 is 0 Å². The van der Waals surface area contributed by atoms with Gasteiger partial charge in [0.05, 0.1) is 0 Å². The minimum atomic E-state index is -2.19. The van der Waals surface area contributed by atoms with Gasteiger partial charge in [0.1, 0.15) is 0 Å². The van der Waals surface area contributed by atoms with E-state index in [-0.39, 0.29) is 0 Å². The summed E-state index contributed by atoms with van der Waals surface area (Å²) in [6.07, 6.45) is 1.13. The van der Waals surface area contributed by atoms with Gasteiger partial charge in [-0.2, -0.15) is 0 Å². The molecule has 0 aromatic heterocycles. The van der Waals surface area contributed by atoms with Gasteiger partial charge in [0.2, 0.25) is 0 Å². The molecule has 0 atom stereocenters. The Labute approximate surface area is 145 Å². The number of hydrogen-bond donors (Lipinski definition) is 0. The van der Waals surface area contributed by atoms with E-state index in [2.05, 4.69) is 108 Å². The molecule has 1 aliphatic rings. The van der Waals surface area contributed by atoms with Crippen molar-refractivity contribution in [3.8, 4) is 11.1 Å². The predicted octanol–water partition coefficient (Wildman–Crippen LogP) is 5.35. The molecule has 0 radical (unpaired) electrons. The molecule has 1 aliphatic heterocycles. The van der Waals surface area contributed by atoms with Crippen LogP contribution < -0.4 is 10.6 Å². The van der Waals surface area contributed by atoms with Crippen LogP contribution in [0.1, 0.15) is 5.56 Å². The summed E-state index contributed by atoms with van der Waals surface area (Å²) >= 11 is 2.82. The average Bonchev–Trinajstić information content (AvgIpc) is 2.75. The summed E-state index contributed by atoms with van der Waals surface area (Å²) in [6, 6.07) is 28.9. The van der Waals surface area contributed by atoms with Gasteiger partial charge in [0, 0.05) is 0 Å². The van der Waals surface area contributed by atoms with Crippen LogP contribution in [0.25, 0.3) is 11.1 Å². The van der Waals surface area contributed by atoms with Crippen molar-refractivity contribution in [2.24, 2.45) is 0 Å². The number of hydrogen-bond acceptors (Lipinski definition) is 0. The second kappa shape index (κ2) is 4.91. The standard InChI is InChI=1S/C20H18IP/c1-22(21,15-16-9-3-2-4-10-16)19-13-7-5-11-17(19)18-12-6-8-14-20(18)22/h2-14H,15H2,1H3. The molecule has 0 fully saturated rings. The second-order valence-electron chi connectivity index (χ2n) is 6.33. The summed E-state index contributed by atoms with van der Waals surface area (Å²) in [5.41, 5.74) is 4.30. The third-order valence-corrected chi connectivity index (χ3v) is 13.3. The first-order chi connectivity index (χ1) is 10.6. The Hall–Kier alpha value is -1.18. The van der Waals surface area contributed by atoms with Crippen LogP contribution in [0.2, 0.25) is 0 Å². The molecule has 0 saturated carbocycles. The summed E-state index contributed by atoms with van der Waals surface area (Å²) in [6.45, 7) is 2.52. The van der Waals surface area contributed by atoms with Gasteiger partial charge in [-0.25, -0.2) is 0 Å². The molecule has 2 heteroatoms. The summed E-state index contributed by atoms with van der Waals surface area (Å²) in [7, 11) is 0. The van der Waals surface area contributed by atoms with Crippen LogP contribution in [0.3, 0.4) is 0 Å². The molecule has 0 aliphatic carbocycles. The Bertz CT molecular complexity index is 803. The molecule has 0 bridgehead atoms. The van der Waals surface area contributed by atoms with E-state index in [0.717, 1.165) is 6.16 Å². The molecule has 1 heterocycles. The van der Waals surface area contributed by atoms with Crippen LogP contribution in [-0.2, 0) is 6.16 Å². The Morgan fingerprint density at radius 2 is 1.14 bits per heavy atom. The van der Waals surface area contributed by atoms with Gasteiger partial charge in [-0.15, -0.1) is 0 Å². The first-order valence-corrected chi connectivity index (χ1v) is 13.2. The van der Waals surface area contributed by atoms with Crippen molar-refractivity contribution in [1.29, 1.82) is 0 Å². The van der Waals surface area contributed by atoms with Crippen molar-refractivity contribution in [3.63, 3.8) is 0 Å². The molecule has 0 nitrogen and oxygen atoms in total. The van der Waals surface area contributed by atoms with Crippen LogP contribution in [0.15, 0.2) is 78.9 Å². The van der Waals surface area contributed by atoms with Crippen molar-refractivity contribution in [1.82, 2.24) is 0 Å². The van der Waals surface area contributed by atoms with Gasteiger partial charge in [-0.05, 0) is 0 Å². The molecule has 110 valence electrons. The van der Waals surface area contributed by atoms with E-state index in [1.54, 1.807) is 10.6 Å². The Balaban J connectivity index is 2.00. The molecule has 0 N–H and O–H groups in total. The molecule has 3 aromatic carbocycles. The SMILES string of the molecule is CP1(I)(Cc2ccccc2)c2ccccc2-c2ccccc21. The first kappa shape index (κ1) is 14.4. The second-order valence-corrected chi connectivity index (χ2v) is 18.7. The fraction of sp³-hybridized carbons (Fsp3) is 0.100. The zero-order chi connectivity index (χ0) is 15.2. The van der Waals surface area contributed by atoms with Crippen LogP contribution in [0.4, 0.5) is 0 Å². The summed E-state index contributed by atoms with van der Waals surface area (Å²) < 4.78 is -2.19. The molecule has 0 spiro atoms. The van der Waals surface area contributed by atoms with Crippen molar-refractivity contribution in [3.05, 3.63) is 84.4 Å². The van der Waals surface area contributed by atoms with Gasteiger partial charge in [0.15, 0.2) is 0 Å². The molecular weight excluding hydrogens is 398 g/mol. The monoisotopic (exact) mass is 416 g/mol. The van der Waals surface area contributed by atoms with Crippen molar-refractivity contribution < 1.29 is 0 Å². The average molecular weight is 416 g/mol. The fourth-order valence-electron chi connectivity index (χ4n) is 3.73. The van der Waals surface area contributed by atoms with E-state index in [9.17, 15) is 0 Å². The van der Waals surface area contributed by atoms with Gasteiger partial charge < -0.3 is 0 Å². The molecule has 22 heavy (non-hydrogen) atoms. The van der Waals surface area contributed by atoms with Crippen molar-refractivity contribution in [2.75, 3.05) is 6.66 Å². The number of fused-ring (bicyclic) bond motifs is 3. The van der Waals surface area contributed by atoms with Crippen LogP contribution in [-0.4, -0.2) is 6.66 Å². The molecular formula is C20H18IP. The van der Waals surface area contributed by atoms with Crippen molar-refractivity contribution in [2.45, 2.75) is 6.16 Å². The zero-order valence-electron chi connectivity index (χ0n) is 12.5. The van der Waals surface area contributed by atoms with Crippen LogP contribution in [0.5, 0.6) is 0 Å². The minimum absolute atomic E-state index is 1.13. The normalized spacial score (nSPS) is 18.7. The first-order valence-electron chi connectivity index (χ1n) is 7.55. The quantitative estimate of drug-likeness (QED) is 0.390. The maximum absolute atomic E-state index is 2.82. The van der Waals surface area contributed by atoms with Crippen LogP contribution in [0, 0.1) is 0 Å². The zero-order valence-corrected chi connectivity index (χ0v) is 15.6. The van der Waals surface area contributed by atoms with Gasteiger partial charge in [-0.3, -0.25) is 0 Å². The van der Waals surface area contributed by atoms with Gasteiger partial charge in [-0.1, -0.05) is 0 Å². The Morgan fingerprint density at radius 1 is 0.682 bits per heavy atom. The third-order valence-electron chi connectivity index (χ3n) is 4.75. The number of benzene rings is 3. The summed E-state index contributed by atoms with van der Waals surface area (Å²) in [5, 5.41) is 3.11. The number of rotatable bonds is 2. The number of halogens is 1. The fourth-order valence-corrected chi connectivity index (χ4v) is 11.7. The van der Waals surface area contributed by atoms with Gasteiger partial charge >= 0.3 is 145 Å². The van der Waals surface area contributed by atoms with E-state index in [0.29, 0.717) is 0 Å². The van der Waals surface area contributed by atoms with E-state index in [1.165, 1.54) is 16.7 Å². The molecule has 0 saturated heterocycles. The molecule has 3 aromatic rings.